The fraction of sp³-hybridized carbons (Fsp3) is 0.300. The van der Waals surface area contributed by atoms with Gasteiger partial charge in [-0.15, -0.1) is 0 Å². The number of aryl methyl sites for hydroxylation is 6. The van der Waals surface area contributed by atoms with Gasteiger partial charge < -0.3 is 0 Å². The second-order valence-electron chi connectivity index (χ2n) is 12.8. The van der Waals surface area contributed by atoms with E-state index < -0.39 is 0 Å². The molecular formula is C40H40N8O2Pt2-4. The number of nitrogens with zero attached hydrogens (tertiary/aromatic N) is 8. The van der Waals surface area contributed by atoms with E-state index in [1.165, 1.54) is 12.8 Å². The van der Waals surface area contributed by atoms with Crippen LogP contribution < -0.4 is 10.2 Å². The molecule has 0 bridgehead atoms. The molecule has 2 aromatic carbocycles. The van der Waals surface area contributed by atoms with Gasteiger partial charge in [0.2, 0.25) is 0 Å². The molecule has 0 spiro atoms. The predicted octanol–water partition coefficient (Wildman–Crippen LogP) is 7.96. The van der Waals surface area contributed by atoms with Gasteiger partial charge in [0.15, 0.2) is 0 Å². The molecule has 10 nitrogen and oxygen atoms in total. The number of hydrogen-bond donors (Lipinski definition) is 0. The van der Waals surface area contributed by atoms with Crippen LogP contribution in [0.15, 0.2) is 94.3 Å². The van der Waals surface area contributed by atoms with E-state index in [2.05, 4.69) is 105 Å². The van der Waals surface area contributed by atoms with Crippen LogP contribution >= 0.6 is 0 Å². The third-order valence-electron chi connectivity index (χ3n) is 8.79. The van der Waals surface area contributed by atoms with Gasteiger partial charge in [-0.3, -0.25) is 0 Å². The average molecular weight is 1050 g/mol. The Bertz CT molecular complexity index is 2240. The van der Waals surface area contributed by atoms with E-state index in [4.69, 9.17) is 8.83 Å². The summed E-state index contributed by atoms with van der Waals surface area (Å²) in [5.74, 6) is 1.47. The average Bonchev–Trinajstić information content (AvgIpc) is 4.00. The zero-order valence-corrected chi connectivity index (χ0v) is 33.7. The molecule has 0 unspecified atom stereocenters. The van der Waals surface area contributed by atoms with Gasteiger partial charge in [-0.25, -0.2) is 0 Å². The number of fused-ring (bicyclic) bond motifs is 2. The molecule has 0 amide bonds. The molecular weight excluding hydrogens is 1010 g/mol. The monoisotopic (exact) mass is 1050 g/mol. The van der Waals surface area contributed by atoms with Crippen molar-refractivity contribution < 1.29 is 47.5 Å². The second kappa shape index (κ2) is 17.0. The molecule has 8 aromatic rings. The van der Waals surface area contributed by atoms with Crippen LogP contribution in [0.2, 0.25) is 0 Å². The summed E-state index contributed by atoms with van der Waals surface area (Å²) in [6, 6.07) is 26.7. The van der Waals surface area contributed by atoms with Crippen LogP contribution in [0.5, 0.6) is 0 Å². The van der Waals surface area contributed by atoms with E-state index in [0.717, 1.165) is 116 Å². The molecule has 0 radical (unpaired) electrons. The van der Waals surface area contributed by atoms with Crippen molar-refractivity contribution in [3.63, 3.8) is 0 Å². The third-order valence-corrected chi connectivity index (χ3v) is 11.2. The summed E-state index contributed by atoms with van der Waals surface area (Å²) < 4.78 is 22.7. The molecule has 0 saturated heterocycles. The van der Waals surface area contributed by atoms with Crippen molar-refractivity contribution >= 4 is 21.9 Å². The number of imidazole rings is 2. The van der Waals surface area contributed by atoms with Crippen LogP contribution in [0, 0.1) is 33.6 Å². The molecule has 0 fully saturated rings. The van der Waals surface area contributed by atoms with E-state index in [9.17, 15) is 0 Å². The number of furan rings is 2. The van der Waals surface area contributed by atoms with Crippen molar-refractivity contribution in [3.8, 4) is 11.8 Å². The summed E-state index contributed by atoms with van der Waals surface area (Å²) in [4.78, 5) is 0. The zero-order chi connectivity index (χ0) is 35.9. The molecule has 0 atom stereocenters. The van der Waals surface area contributed by atoms with Crippen molar-refractivity contribution in [1.29, 1.82) is 0 Å². The van der Waals surface area contributed by atoms with Gasteiger partial charge in [0.25, 0.3) is 0 Å². The number of benzene rings is 2. The Morgan fingerprint density at radius 3 is 1.44 bits per heavy atom. The summed E-state index contributed by atoms with van der Waals surface area (Å²) in [5, 5.41) is 18.4. The molecule has 52 heavy (non-hydrogen) atoms. The third kappa shape index (κ3) is 8.84. The zero-order valence-electron chi connectivity index (χ0n) is 29.2. The minimum absolute atomic E-state index is 0.736. The Labute approximate surface area is 324 Å². The predicted molar refractivity (Wildman–Crippen MR) is 191 cm³/mol. The molecule has 6 heterocycles. The topological polar surface area (TPSA) is 100.0 Å². The SMILES string of the molecule is Cc1cc(CCCCCn2ccn(-c3[c-]c4ccccc4o3)[c]2=[Pt])n[n-]1.Cc1cc(CCCCCn2ccn(-c3[c-]c4ccccc4o3)[c]2=[Pt])n[n-]1. The number of para-hydroxylation sites is 2. The van der Waals surface area contributed by atoms with Crippen molar-refractivity contribution in [3.05, 3.63) is 128 Å². The Morgan fingerprint density at radius 1 is 0.596 bits per heavy atom. The second-order valence-corrected chi connectivity index (χ2v) is 14.9. The van der Waals surface area contributed by atoms with Gasteiger partial charge in [-0.2, -0.15) is 0 Å². The molecule has 8 rings (SSSR count). The fourth-order valence-electron chi connectivity index (χ4n) is 6.09. The number of rotatable bonds is 14. The first-order chi connectivity index (χ1) is 25.4. The van der Waals surface area contributed by atoms with Crippen LogP contribution in [0.4, 0.5) is 0 Å². The van der Waals surface area contributed by atoms with E-state index in [1.807, 2.05) is 83.9 Å². The first-order valence-electron chi connectivity index (χ1n) is 17.6. The Kier molecular flexibility index (Phi) is 11.8. The standard InChI is InChI=1S/2C20H20N4O.2Pt/c2*1-16-13-18(22-21-16)8-3-2-6-10-23-11-12-24(15-23)20-14-17-7-4-5-9-19(17)25-20;;/h2*4-5,7,9,11-13H,2-3,6,8,10H2,1H3;;/q2*-2;;. The van der Waals surface area contributed by atoms with E-state index in [0.29, 0.717) is 0 Å². The van der Waals surface area contributed by atoms with Crippen LogP contribution in [0.25, 0.3) is 33.7 Å². The fourth-order valence-corrected chi connectivity index (χ4v) is 7.74. The molecule has 0 N–H and O–H groups in total. The van der Waals surface area contributed by atoms with Crippen molar-refractivity contribution in [2.45, 2.75) is 78.3 Å². The maximum atomic E-state index is 5.92. The minimum atomic E-state index is 0.736. The number of hydrogen-bond acceptors (Lipinski definition) is 4. The molecule has 6 aromatic heterocycles. The maximum absolute atomic E-state index is 5.92. The van der Waals surface area contributed by atoms with Crippen LogP contribution in [0.1, 0.15) is 61.3 Å². The quantitative estimate of drug-likeness (QED) is 0.0811. The van der Waals surface area contributed by atoms with Crippen LogP contribution in [0.3, 0.4) is 0 Å². The Morgan fingerprint density at radius 2 is 1.04 bits per heavy atom. The molecule has 0 aliphatic heterocycles. The van der Waals surface area contributed by atoms with Crippen LogP contribution in [-0.2, 0) is 64.6 Å². The van der Waals surface area contributed by atoms with Crippen molar-refractivity contribution in [1.82, 2.24) is 38.7 Å². The summed E-state index contributed by atoms with van der Waals surface area (Å²) in [5.41, 5.74) is 5.96. The number of aromatic nitrogens is 8. The van der Waals surface area contributed by atoms with Gasteiger partial charge in [0.1, 0.15) is 0 Å². The molecule has 0 aliphatic carbocycles. The van der Waals surface area contributed by atoms with Gasteiger partial charge in [-0.1, -0.05) is 0 Å². The number of unbranched alkanes of at least 4 members (excludes halogenated alkanes) is 4. The van der Waals surface area contributed by atoms with Gasteiger partial charge >= 0.3 is 326 Å². The summed E-state index contributed by atoms with van der Waals surface area (Å²) in [7, 11) is 0. The summed E-state index contributed by atoms with van der Waals surface area (Å²) >= 11 is 4.69. The van der Waals surface area contributed by atoms with Crippen molar-refractivity contribution in [2.24, 2.45) is 0 Å². The Balaban J connectivity index is 0.000000162. The van der Waals surface area contributed by atoms with Gasteiger partial charge in [0.05, 0.1) is 0 Å². The van der Waals surface area contributed by atoms with Crippen molar-refractivity contribution in [2.75, 3.05) is 0 Å². The normalized spacial score (nSPS) is 11.5. The van der Waals surface area contributed by atoms with E-state index in [1.54, 1.807) is 0 Å². The first kappa shape index (κ1) is 36.1. The van der Waals surface area contributed by atoms with E-state index in [-0.39, 0.29) is 0 Å². The molecule has 12 heteroatoms. The first-order valence-corrected chi connectivity index (χ1v) is 19.9. The van der Waals surface area contributed by atoms with Gasteiger partial charge in [-0.05, 0) is 0 Å². The Hall–Kier alpha value is -4.26. The molecule has 276 valence electrons. The summed E-state index contributed by atoms with van der Waals surface area (Å²) in [6.07, 6.45) is 17.2. The molecule has 0 aliphatic rings. The summed E-state index contributed by atoms with van der Waals surface area (Å²) in [6.45, 7) is 5.97. The van der Waals surface area contributed by atoms with Crippen LogP contribution in [-0.4, -0.2) is 28.5 Å². The molecule has 0 saturated carbocycles. The van der Waals surface area contributed by atoms with E-state index >= 15 is 0 Å². The van der Waals surface area contributed by atoms with Gasteiger partial charge in [0, 0.05) is 0 Å².